The van der Waals surface area contributed by atoms with E-state index in [0.29, 0.717) is 24.4 Å². The van der Waals surface area contributed by atoms with Crippen molar-refractivity contribution in [2.45, 2.75) is 65.2 Å². The maximum Gasteiger partial charge on any atom is 0.394 e. The highest BCUT2D eigenvalue weighted by Gasteiger charge is 2.06. The molecule has 3 amide bonds. The molecule has 0 bridgehead atoms. The van der Waals surface area contributed by atoms with Gasteiger partial charge in [-0.15, -0.1) is 0 Å². The van der Waals surface area contributed by atoms with Gasteiger partial charge in [0, 0.05) is 55.3 Å². The maximum absolute atomic E-state index is 11.5. The van der Waals surface area contributed by atoms with Crippen LogP contribution in [0.2, 0.25) is 0 Å². The van der Waals surface area contributed by atoms with Crippen molar-refractivity contribution in [1.82, 2.24) is 34.8 Å². The van der Waals surface area contributed by atoms with Crippen LogP contribution in [-0.2, 0) is 10.4 Å². The molecule has 0 unspecified atom stereocenters. The molecule has 278 valence electrons. The van der Waals surface area contributed by atoms with Crippen LogP contribution in [0.3, 0.4) is 0 Å². The summed E-state index contributed by atoms with van der Waals surface area (Å²) >= 11 is 0. The monoisotopic (exact) mass is 726 g/mol. The van der Waals surface area contributed by atoms with Crippen LogP contribution in [0.1, 0.15) is 62.8 Å². The van der Waals surface area contributed by atoms with Crippen molar-refractivity contribution in [3.63, 3.8) is 0 Å². The smallest absolute Gasteiger partial charge is 0.388 e. The van der Waals surface area contributed by atoms with E-state index in [1.807, 2.05) is 0 Å². The Bertz CT molecular complexity index is 1700. The van der Waals surface area contributed by atoms with Crippen LogP contribution in [0.5, 0.6) is 0 Å². The lowest BCUT2D eigenvalue weighted by Gasteiger charge is -2.07. The maximum atomic E-state index is 11.5. The number of nitrogens with two attached hydrogens (primary N) is 3. The molecule has 50 heavy (non-hydrogen) atoms. The minimum Gasteiger partial charge on any atom is -0.388 e. The Hall–Kier alpha value is -5.52. The molecule has 0 saturated heterocycles. The Morgan fingerprint density at radius 2 is 1.34 bits per heavy atom. The Balaban J connectivity index is 0.000000711. The third-order valence-corrected chi connectivity index (χ3v) is 5.49. The first kappa shape index (κ1) is 44.5. The van der Waals surface area contributed by atoms with Crippen molar-refractivity contribution in [1.29, 1.82) is 10.8 Å². The minimum absolute atomic E-state index is 0.115. The van der Waals surface area contributed by atoms with Crippen molar-refractivity contribution in [3.8, 4) is 0 Å². The fraction of sp³-hybridized carbons (Fsp3) is 0.444. The predicted molar refractivity (Wildman–Crippen MR) is 187 cm³/mol. The van der Waals surface area contributed by atoms with E-state index >= 15 is 0 Å². The van der Waals surface area contributed by atoms with Crippen LogP contribution in [0.25, 0.3) is 0 Å². The number of amidine groups is 2. The number of aromatic nitrogens is 6. The molecule has 23 heteroatoms. The molecule has 0 radical (unpaired) electrons. The number of urea groups is 1. The van der Waals surface area contributed by atoms with E-state index < -0.39 is 22.5 Å². The van der Waals surface area contributed by atoms with Gasteiger partial charge in [-0.1, -0.05) is 12.8 Å². The number of carbonyl (C=O) groups excluding carboxylic acids is 2. The lowest BCUT2D eigenvalue weighted by molar-refractivity contribution is 0.251. The lowest BCUT2D eigenvalue weighted by Crippen LogP contribution is -2.31. The molecule has 3 rings (SSSR count). The first-order valence-electron chi connectivity index (χ1n) is 15.0. The molecule has 0 atom stereocenters. The summed E-state index contributed by atoms with van der Waals surface area (Å²) in [7, 11) is -4.67. The number of anilines is 2. The second kappa shape index (κ2) is 24.6. The molecule has 22 nitrogen and oxygen atoms in total. The van der Waals surface area contributed by atoms with Crippen molar-refractivity contribution >= 4 is 46.0 Å². The van der Waals surface area contributed by atoms with Crippen LogP contribution < -0.4 is 44.3 Å². The zero-order valence-electron chi connectivity index (χ0n) is 27.7. The number of unbranched alkanes of at least 4 members (excludes halogenated alkanes) is 4. The van der Waals surface area contributed by atoms with E-state index in [4.69, 9.17) is 45.5 Å². The van der Waals surface area contributed by atoms with Crippen LogP contribution in [-0.4, -0.2) is 83.8 Å². The third kappa shape index (κ3) is 26.5. The van der Waals surface area contributed by atoms with Crippen molar-refractivity contribution in [2.75, 3.05) is 23.7 Å². The van der Waals surface area contributed by atoms with E-state index in [9.17, 15) is 19.2 Å². The Morgan fingerprint density at radius 3 is 1.76 bits per heavy atom. The van der Waals surface area contributed by atoms with Crippen LogP contribution in [0.4, 0.5) is 21.5 Å². The Morgan fingerprint density at radius 1 is 0.860 bits per heavy atom. The highest BCUT2D eigenvalue weighted by molar-refractivity contribution is 7.79. The average molecular weight is 727 g/mol. The number of nitrogens with one attached hydrogen (secondary N) is 7. The van der Waals surface area contributed by atoms with Crippen LogP contribution in [0.15, 0.2) is 40.4 Å². The Labute approximate surface area is 287 Å². The SMILES string of the molecule is Cc1cc(=O)[nH]c(NC(=O)NCCCCCC(=N)N)n1.Cc1cc(=O)[nH]c(NC(=O)n2ccnc2)n1.N=C(N)CCCCCN.O=S(=O)(O)O. The van der Waals surface area contributed by atoms with Gasteiger partial charge in [-0.3, -0.25) is 54.7 Å². The van der Waals surface area contributed by atoms with Gasteiger partial charge in [-0.2, -0.15) is 8.42 Å². The molecule has 0 aliphatic heterocycles. The summed E-state index contributed by atoms with van der Waals surface area (Å²) in [6.45, 7) is 4.60. The highest BCUT2D eigenvalue weighted by atomic mass is 32.3. The molecule has 3 heterocycles. The molecule has 0 aromatic carbocycles. The molecule has 3 aromatic heterocycles. The van der Waals surface area contributed by atoms with E-state index in [1.54, 1.807) is 13.8 Å². The number of hydrogen-bond donors (Lipinski definition) is 12. The van der Waals surface area contributed by atoms with Gasteiger partial charge in [0.2, 0.25) is 11.9 Å². The second-order valence-corrected chi connectivity index (χ2v) is 11.1. The average Bonchev–Trinajstić information content (AvgIpc) is 3.51. The summed E-state index contributed by atoms with van der Waals surface area (Å²) in [4.78, 5) is 61.9. The largest absolute Gasteiger partial charge is 0.394 e. The predicted octanol–water partition coefficient (Wildman–Crippen LogP) is 0.840. The summed E-state index contributed by atoms with van der Waals surface area (Å²) < 4.78 is 32.8. The minimum atomic E-state index is -4.67. The van der Waals surface area contributed by atoms with Gasteiger partial charge in [0.05, 0.1) is 11.7 Å². The molecule has 0 spiro atoms. The Kier molecular flexibility index (Phi) is 21.9. The molecule has 0 aliphatic carbocycles. The summed E-state index contributed by atoms with van der Waals surface area (Å²) in [6, 6.07) is 1.84. The van der Waals surface area contributed by atoms with Gasteiger partial charge < -0.3 is 22.5 Å². The van der Waals surface area contributed by atoms with Crippen molar-refractivity contribution in [2.24, 2.45) is 17.2 Å². The number of carbonyl (C=O) groups is 2. The lowest BCUT2D eigenvalue weighted by atomic mass is 10.2. The quantitative estimate of drug-likeness (QED) is 0.0503. The van der Waals surface area contributed by atoms with Crippen molar-refractivity contribution in [3.05, 3.63) is 62.9 Å². The van der Waals surface area contributed by atoms with Gasteiger partial charge in [0.15, 0.2) is 0 Å². The van der Waals surface area contributed by atoms with Gasteiger partial charge in [0.25, 0.3) is 11.1 Å². The van der Waals surface area contributed by atoms with Crippen LogP contribution >= 0.6 is 0 Å². The zero-order valence-corrected chi connectivity index (χ0v) is 28.5. The van der Waals surface area contributed by atoms with E-state index in [-0.39, 0.29) is 34.7 Å². The molecule has 0 saturated carbocycles. The number of rotatable bonds is 13. The van der Waals surface area contributed by atoms with Gasteiger partial charge >= 0.3 is 22.5 Å². The van der Waals surface area contributed by atoms with E-state index in [2.05, 4.69) is 40.9 Å². The van der Waals surface area contributed by atoms with Gasteiger partial charge in [-0.05, 0) is 46.1 Å². The topological polar surface area (TPSA) is 380 Å². The number of amides is 3. The third-order valence-electron chi connectivity index (χ3n) is 5.49. The molecule has 0 aliphatic rings. The fourth-order valence-electron chi connectivity index (χ4n) is 3.43. The summed E-state index contributed by atoms with van der Waals surface area (Å²) in [5, 5.41) is 21.5. The van der Waals surface area contributed by atoms with Crippen LogP contribution in [0, 0.1) is 24.7 Å². The fourth-order valence-corrected chi connectivity index (χ4v) is 3.43. The van der Waals surface area contributed by atoms with Gasteiger partial charge in [-0.25, -0.2) is 24.5 Å². The molecular weight excluding hydrogens is 680 g/mol. The number of imidazole rings is 1. The number of nitrogens with zero attached hydrogens (tertiary/aromatic N) is 4. The molecule has 0 fully saturated rings. The first-order valence-corrected chi connectivity index (χ1v) is 16.3. The molecule has 15 N–H and O–H groups in total. The van der Waals surface area contributed by atoms with E-state index in [1.165, 1.54) is 35.4 Å². The number of aromatic amines is 2. The summed E-state index contributed by atoms with van der Waals surface area (Å²) in [6.07, 6.45) is 11.3. The number of hydrogen-bond acceptors (Lipinski definition) is 12. The normalized spacial score (nSPS) is 10.1. The summed E-state index contributed by atoms with van der Waals surface area (Å²) in [5.74, 6) is 0.713. The van der Waals surface area contributed by atoms with E-state index in [0.717, 1.165) is 51.5 Å². The zero-order chi connectivity index (χ0) is 38.1. The molecular formula is C27H46N14O8S. The van der Waals surface area contributed by atoms with Gasteiger partial charge in [0.1, 0.15) is 6.33 Å². The summed E-state index contributed by atoms with van der Waals surface area (Å²) in [5.41, 5.74) is 16.1. The highest BCUT2D eigenvalue weighted by Crippen LogP contribution is 2.00. The second-order valence-electron chi connectivity index (χ2n) is 10.2. The molecule has 3 aromatic rings. The van der Waals surface area contributed by atoms with Crippen molar-refractivity contribution < 1.29 is 27.1 Å². The standard InChI is InChI=1S/C12H20N6O2.C9H9N5O2.C6H15N3.H2O4S/c1-8-7-10(19)17-11(16-8)18-12(20)15-6-4-2-3-5-9(13)14;1-6-4-7(15)12-8(11-6)13-9(16)14-3-2-10-5-14;7-5-3-1-2-4-6(8)9;1-5(2,3)4/h7H,2-6H2,1H3,(H3,13,14)(H3,15,16,17,18,19,20);2-5H,1H3,(H2,11,12,13,15,16);1-5,7H2,(H3,8,9);(H2,1,2,3,4). The number of H-pyrrole nitrogens is 2. The number of aryl methyl sites for hydroxylation is 2. The first-order chi connectivity index (χ1) is 23.4.